The molecular formula is C21H19BrO3. The van der Waals surface area contributed by atoms with Gasteiger partial charge in [0.05, 0.1) is 6.61 Å². The number of hydrogen-bond acceptors (Lipinski definition) is 3. The first-order valence-corrected chi connectivity index (χ1v) is 8.83. The summed E-state index contributed by atoms with van der Waals surface area (Å²) < 4.78 is 12.7. The lowest BCUT2D eigenvalue weighted by Crippen LogP contribution is -2.11. The van der Waals surface area contributed by atoms with E-state index < -0.39 is 0 Å². The minimum atomic E-state index is -0.369. The van der Waals surface area contributed by atoms with Crippen LogP contribution < -0.4 is 9.47 Å². The Balaban J connectivity index is 1.59. The van der Waals surface area contributed by atoms with Crippen molar-refractivity contribution in [1.29, 1.82) is 0 Å². The highest BCUT2D eigenvalue weighted by Crippen LogP contribution is 2.23. The van der Waals surface area contributed by atoms with Gasteiger partial charge in [-0.25, -0.2) is 0 Å². The first-order chi connectivity index (χ1) is 12.2. The molecule has 3 rings (SSSR count). The Kier molecular flexibility index (Phi) is 6.09. The summed E-state index contributed by atoms with van der Waals surface area (Å²) >= 11 is 3.40. The highest BCUT2D eigenvalue weighted by atomic mass is 79.9. The molecule has 1 unspecified atom stereocenters. The van der Waals surface area contributed by atoms with Crippen LogP contribution in [0.4, 0.5) is 0 Å². The fourth-order valence-electron chi connectivity index (χ4n) is 2.40. The van der Waals surface area contributed by atoms with Crippen molar-refractivity contribution < 1.29 is 14.6 Å². The van der Waals surface area contributed by atoms with Crippen molar-refractivity contribution in [3.8, 4) is 11.5 Å². The van der Waals surface area contributed by atoms with Crippen LogP contribution in [0.3, 0.4) is 0 Å². The summed E-state index contributed by atoms with van der Waals surface area (Å²) in [4.78, 5) is 0. The molecule has 0 heterocycles. The van der Waals surface area contributed by atoms with Crippen molar-refractivity contribution in [2.24, 2.45) is 0 Å². The van der Waals surface area contributed by atoms with Gasteiger partial charge in [-0.05, 0) is 47.5 Å². The summed E-state index contributed by atoms with van der Waals surface area (Å²) in [6.45, 7) is 0.419. The van der Waals surface area contributed by atoms with E-state index in [0.717, 1.165) is 27.1 Å². The maximum Gasteiger partial charge on any atom is 0.147 e. The average Bonchev–Trinajstić information content (AvgIpc) is 2.67. The minimum Gasteiger partial charge on any atom is -0.489 e. The molecule has 1 atom stereocenters. The lowest BCUT2D eigenvalue weighted by molar-refractivity contribution is 0.116. The Bertz CT molecular complexity index is 771. The average molecular weight is 399 g/mol. The number of aliphatic hydroxyl groups excluding tert-OH is 1. The third kappa shape index (κ3) is 5.08. The van der Waals surface area contributed by atoms with E-state index in [9.17, 15) is 5.11 Å². The number of halogens is 1. The summed E-state index contributed by atoms with van der Waals surface area (Å²) in [7, 11) is 0. The van der Waals surface area contributed by atoms with Crippen molar-refractivity contribution in [2.75, 3.05) is 6.61 Å². The van der Waals surface area contributed by atoms with Gasteiger partial charge in [0.25, 0.3) is 0 Å². The lowest BCUT2D eigenvalue weighted by atomic mass is 10.1. The van der Waals surface area contributed by atoms with Crippen molar-refractivity contribution in [3.05, 3.63) is 94.5 Å². The summed E-state index contributed by atoms with van der Waals surface area (Å²) in [6.07, 6.45) is -0.369. The molecule has 1 N–H and O–H groups in total. The van der Waals surface area contributed by atoms with Crippen molar-refractivity contribution >= 4 is 15.9 Å². The molecule has 0 fully saturated rings. The zero-order chi connectivity index (χ0) is 17.5. The van der Waals surface area contributed by atoms with E-state index in [-0.39, 0.29) is 12.7 Å². The topological polar surface area (TPSA) is 38.7 Å². The molecule has 0 spiro atoms. The van der Waals surface area contributed by atoms with Gasteiger partial charge in [0, 0.05) is 4.47 Å². The van der Waals surface area contributed by atoms with Gasteiger partial charge in [0.2, 0.25) is 0 Å². The Labute approximate surface area is 156 Å². The smallest absolute Gasteiger partial charge is 0.147 e. The molecular weight excluding hydrogens is 380 g/mol. The van der Waals surface area contributed by atoms with Crippen LogP contribution in [0.5, 0.6) is 11.5 Å². The standard InChI is InChI=1S/C21H19BrO3/c22-18-8-12-19(13-9-18)24-15-16-6-10-20(11-7-16)25-21(14-23)17-4-2-1-3-5-17/h1-13,21,23H,14-15H2. The summed E-state index contributed by atoms with van der Waals surface area (Å²) in [5, 5.41) is 9.58. The lowest BCUT2D eigenvalue weighted by Gasteiger charge is -2.17. The van der Waals surface area contributed by atoms with Gasteiger partial charge in [0.15, 0.2) is 0 Å². The van der Waals surface area contributed by atoms with E-state index in [1.807, 2.05) is 78.9 Å². The number of benzene rings is 3. The van der Waals surface area contributed by atoms with Crippen molar-refractivity contribution in [2.45, 2.75) is 12.7 Å². The fourth-order valence-corrected chi connectivity index (χ4v) is 2.67. The fraction of sp³-hybridized carbons (Fsp3) is 0.143. The zero-order valence-electron chi connectivity index (χ0n) is 13.6. The van der Waals surface area contributed by atoms with Crippen LogP contribution in [0.25, 0.3) is 0 Å². The molecule has 0 saturated heterocycles. The molecule has 0 bridgehead atoms. The van der Waals surface area contributed by atoms with Crippen LogP contribution in [0.2, 0.25) is 0 Å². The molecule has 0 saturated carbocycles. The van der Waals surface area contributed by atoms with Gasteiger partial charge in [-0.2, -0.15) is 0 Å². The number of hydrogen-bond donors (Lipinski definition) is 1. The molecule has 0 radical (unpaired) electrons. The second-order valence-corrected chi connectivity index (χ2v) is 6.50. The van der Waals surface area contributed by atoms with E-state index >= 15 is 0 Å². The van der Waals surface area contributed by atoms with E-state index in [4.69, 9.17) is 9.47 Å². The molecule has 0 aliphatic rings. The van der Waals surface area contributed by atoms with Crippen molar-refractivity contribution in [1.82, 2.24) is 0 Å². The van der Waals surface area contributed by atoms with Crippen LogP contribution in [0.15, 0.2) is 83.3 Å². The first-order valence-electron chi connectivity index (χ1n) is 8.04. The molecule has 3 aromatic rings. The Hall–Kier alpha value is -2.30. The third-order valence-electron chi connectivity index (χ3n) is 3.76. The molecule has 3 aromatic carbocycles. The van der Waals surface area contributed by atoms with Gasteiger partial charge in [-0.3, -0.25) is 0 Å². The van der Waals surface area contributed by atoms with Gasteiger partial charge in [-0.1, -0.05) is 58.4 Å². The predicted molar refractivity (Wildman–Crippen MR) is 102 cm³/mol. The maximum absolute atomic E-state index is 9.58. The minimum absolute atomic E-state index is 0.0710. The van der Waals surface area contributed by atoms with Crippen LogP contribution in [0.1, 0.15) is 17.2 Å². The molecule has 0 aliphatic heterocycles. The van der Waals surface area contributed by atoms with Crippen molar-refractivity contribution in [3.63, 3.8) is 0 Å². The Morgan fingerprint density at radius 1 is 0.800 bits per heavy atom. The number of rotatable bonds is 7. The van der Waals surface area contributed by atoms with E-state index in [0.29, 0.717) is 6.61 Å². The molecule has 25 heavy (non-hydrogen) atoms. The first kappa shape index (κ1) is 17.5. The van der Waals surface area contributed by atoms with Crippen LogP contribution >= 0.6 is 15.9 Å². The van der Waals surface area contributed by atoms with Crippen LogP contribution in [-0.4, -0.2) is 11.7 Å². The van der Waals surface area contributed by atoms with Gasteiger partial charge in [0.1, 0.15) is 24.2 Å². The summed E-state index contributed by atoms with van der Waals surface area (Å²) in [5.74, 6) is 1.54. The largest absolute Gasteiger partial charge is 0.489 e. The Morgan fingerprint density at radius 3 is 2.08 bits per heavy atom. The molecule has 0 amide bonds. The highest BCUT2D eigenvalue weighted by molar-refractivity contribution is 9.10. The van der Waals surface area contributed by atoms with Gasteiger partial charge >= 0.3 is 0 Å². The quantitative estimate of drug-likeness (QED) is 0.598. The maximum atomic E-state index is 9.58. The number of aliphatic hydroxyl groups is 1. The monoisotopic (exact) mass is 398 g/mol. The molecule has 0 aliphatic carbocycles. The normalized spacial score (nSPS) is 11.8. The van der Waals surface area contributed by atoms with Gasteiger partial charge in [-0.15, -0.1) is 0 Å². The third-order valence-corrected chi connectivity index (χ3v) is 4.29. The van der Waals surface area contributed by atoms with E-state index in [2.05, 4.69) is 15.9 Å². The second-order valence-electron chi connectivity index (χ2n) is 5.59. The second kappa shape index (κ2) is 8.70. The summed E-state index contributed by atoms with van der Waals surface area (Å²) in [5.41, 5.74) is 2.00. The molecule has 0 aromatic heterocycles. The highest BCUT2D eigenvalue weighted by Gasteiger charge is 2.11. The molecule has 4 heteroatoms. The number of ether oxygens (including phenoxy) is 2. The Morgan fingerprint density at radius 2 is 1.44 bits per heavy atom. The van der Waals surface area contributed by atoms with Gasteiger partial charge < -0.3 is 14.6 Å². The van der Waals surface area contributed by atoms with Crippen LogP contribution in [-0.2, 0) is 6.61 Å². The summed E-state index contributed by atoms with van der Waals surface area (Å²) in [6, 6.07) is 25.2. The van der Waals surface area contributed by atoms with E-state index in [1.54, 1.807) is 0 Å². The van der Waals surface area contributed by atoms with E-state index in [1.165, 1.54) is 0 Å². The molecule has 128 valence electrons. The molecule has 3 nitrogen and oxygen atoms in total. The predicted octanol–water partition coefficient (Wildman–Crippen LogP) is 5.14. The zero-order valence-corrected chi connectivity index (χ0v) is 15.2. The van der Waals surface area contributed by atoms with Crippen LogP contribution in [0, 0.1) is 0 Å². The SMILES string of the molecule is OCC(Oc1ccc(COc2ccc(Br)cc2)cc1)c1ccccc1.